The van der Waals surface area contributed by atoms with Gasteiger partial charge in [0, 0.05) is 44.5 Å². The van der Waals surface area contributed by atoms with E-state index in [1.807, 2.05) is 12.1 Å². The van der Waals surface area contributed by atoms with Crippen molar-refractivity contribution in [2.24, 2.45) is 0 Å². The number of pyridine rings is 1. The lowest BCUT2D eigenvalue weighted by Crippen LogP contribution is -2.47. The Morgan fingerprint density at radius 3 is 2.67 bits per heavy atom. The molecular formula is C13H21N3O2. The first-order valence-electron chi connectivity index (χ1n) is 6.43. The molecule has 0 unspecified atom stereocenters. The Labute approximate surface area is 108 Å². The van der Waals surface area contributed by atoms with Crippen LogP contribution in [0.3, 0.4) is 0 Å². The van der Waals surface area contributed by atoms with Crippen molar-refractivity contribution in [1.29, 1.82) is 0 Å². The van der Waals surface area contributed by atoms with E-state index >= 15 is 0 Å². The lowest BCUT2D eigenvalue weighted by molar-refractivity contribution is 0.186. The SMILES string of the molecule is C[C@H](O)c1cccnc1N1CCN(CCO)CC1. The lowest BCUT2D eigenvalue weighted by Gasteiger charge is -2.36. The van der Waals surface area contributed by atoms with Crippen LogP contribution < -0.4 is 4.90 Å². The van der Waals surface area contributed by atoms with Crippen molar-refractivity contribution in [2.75, 3.05) is 44.2 Å². The van der Waals surface area contributed by atoms with E-state index in [1.54, 1.807) is 13.1 Å². The average Bonchev–Trinajstić information content (AvgIpc) is 2.40. The van der Waals surface area contributed by atoms with Crippen LogP contribution in [-0.4, -0.2) is 59.4 Å². The molecule has 0 radical (unpaired) electrons. The number of aliphatic hydroxyl groups excluding tert-OH is 2. The molecule has 0 spiro atoms. The minimum absolute atomic E-state index is 0.211. The van der Waals surface area contributed by atoms with Crippen LogP contribution in [0.25, 0.3) is 0 Å². The van der Waals surface area contributed by atoms with E-state index in [1.165, 1.54) is 0 Å². The van der Waals surface area contributed by atoms with E-state index in [4.69, 9.17) is 5.11 Å². The summed E-state index contributed by atoms with van der Waals surface area (Å²) in [7, 11) is 0. The quantitative estimate of drug-likeness (QED) is 0.803. The number of hydrogen-bond donors (Lipinski definition) is 2. The third kappa shape index (κ3) is 2.98. The molecule has 1 saturated heterocycles. The van der Waals surface area contributed by atoms with Crippen molar-refractivity contribution < 1.29 is 10.2 Å². The summed E-state index contributed by atoms with van der Waals surface area (Å²) in [5.41, 5.74) is 0.883. The molecule has 1 aliphatic heterocycles. The number of hydrogen-bond acceptors (Lipinski definition) is 5. The van der Waals surface area contributed by atoms with Crippen molar-refractivity contribution >= 4 is 5.82 Å². The van der Waals surface area contributed by atoms with Crippen molar-refractivity contribution in [3.63, 3.8) is 0 Å². The van der Waals surface area contributed by atoms with Crippen LogP contribution in [0.5, 0.6) is 0 Å². The second-order valence-electron chi connectivity index (χ2n) is 4.64. The highest BCUT2D eigenvalue weighted by molar-refractivity contribution is 5.48. The third-order valence-electron chi connectivity index (χ3n) is 3.36. The zero-order valence-corrected chi connectivity index (χ0v) is 10.8. The zero-order chi connectivity index (χ0) is 13.0. The largest absolute Gasteiger partial charge is 0.395 e. The Kier molecular flexibility index (Phi) is 4.52. The summed E-state index contributed by atoms with van der Waals surface area (Å²) in [5, 5.41) is 18.7. The van der Waals surface area contributed by atoms with Gasteiger partial charge < -0.3 is 15.1 Å². The van der Waals surface area contributed by atoms with E-state index in [9.17, 15) is 5.11 Å². The summed E-state index contributed by atoms with van der Waals surface area (Å²) in [6.45, 7) is 6.34. The van der Waals surface area contributed by atoms with Gasteiger partial charge in [-0.05, 0) is 13.0 Å². The molecule has 1 atom stereocenters. The summed E-state index contributed by atoms with van der Waals surface area (Å²) in [6.07, 6.45) is 1.27. The Morgan fingerprint density at radius 2 is 2.06 bits per heavy atom. The first kappa shape index (κ1) is 13.3. The maximum atomic E-state index is 9.76. The minimum atomic E-state index is -0.496. The van der Waals surface area contributed by atoms with E-state index < -0.39 is 6.10 Å². The molecule has 18 heavy (non-hydrogen) atoms. The fourth-order valence-electron chi connectivity index (χ4n) is 2.32. The molecule has 0 bridgehead atoms. The number of piperazine rings is 1. The van der Waals surface area contributed by atoms with Gasteiger partial charge in [-0.1, -0.05) is 6.07 Å². The van der Waals surface area contributed by atoms with Crippen molar-refractivity contribution in [1.82, 2.24) is 9.88 Å². The molecule has 2 N–H and O–H groups in total. The fraction of sp³-hybridized carbons (Fsp3) is 0.615. The predicted octanol–water partition coefficient (Wildman–Crippen LogP) is 0.249. The maximum absolute atomic E-state index is 9.76. The lowest BCUT2D eigenvalue weighted by atomic mass is 10.1. The van der Waals surface area contributed by atoms with Crippen LogP contribution in [0.1, 0.15) is 18.6 Å². The Hall–Kier alpha value is -1.17. The van der Waals surface area contributed by atoms with Crippen molar-refractivity contribution in [3.05, 3.63) is 23.9 Å². The second-order valence-corrected chi connectivity index (χ2v) is 4.64. The van der Waals surface area contributed by atoms with Gasteiger partial charge in [-0.15, -0.1) is 0 Å². The highest BCUT2D eigenvalue weighted by Crippen LogP contribution is 2.24. The molecule has 5 nitrogen and oxygen atoms in total. The Bertz CT molecular complexity index is 376. The molecule has 2 heterocycles. The van der Waals surface area contributed by atoms with Gasteiger partial charge in [-0.25, -0.2) is 4.98 Å². The van der Waals surface area contributed by atoms with Gasteiger partial charge in [0.15, 0.2) is 0 Å². The number of aromatic nitrogens is 1. The van der Waals surface area contributed by atoms with E-state index in [2.05, 4.69) is 14.8 Å². The van der Waals surface area contributed by atoms with Gasteiger partial charge in [0.2, 0.25) is 0 Å². The summed E-state index contributed by atoms with van der Waals surface area (Å²) >= 11 is 0. The third-order valence-corrected chi connectivity index (χ3v) is 3.36. The minimum Gasteiger partial charge on any atom is -0.395 e. The monoisotopic (exact) mass is 251 g/mol. The van der Waals surface area contributed by atoms with Crippen LogP contribution >= 0.6 is 0 Å². The molecule has 1 aromatic rings. The molecule has 2 rings (SSSR count). The van der Waals surface area contributed by atoms with Gasteiger partial charge in [0.25, 0.3) is 0 Å². The van der Waals surface area contributed by atoms with E-state index in [-0.39, 0.29) is 6.61 Å². The molecule has 1 aromatic heterocycles. The second kappa shape index (κ2) is 6.13. The zero-order valence-electron chi connectivity index (χ0n) is 10.8. The molecule has 5 heteroatoms. The van der Waals surface area contributed by atoms with Crippen LogP contribution in [0.15, 0.2) is 18.3 Å². The maximum Gasteiger partial charge on any atom is 0.134 e. The van der Waals surface area contributed by atoms with Crippen molar-refractivity contribution in [3.8, 4) is 0 Å². The van der Waals surface area contributed by atoms with E-state index in [0.717, 1.165) is 44.1 Å². The van der Waals surface area contributed by atoms with Gasteiger partial charge in [-0.2, -0.15) is 0 Å². The molecule has 0 aliphatic carbocycles. The molecule has 100 valence electrons. The molecule has 0 aromatic carbocycles. The molecule has 0 saturated carbocycles. The molecular weight excluding hydrogens is 230 g/mol. The van der Waals surface area contributed by atoms with Gasteiger partial charge in [0.05, 0.1) is 12.7 Å². The standard InChI is InChI=1S/C13H21N3O2/c1-11(18)12-3-2-4-14-13(12)16-7-5-15(6-8-16)9-10-17/h2-4,11,17-18H,5-10H2,1H3/t11-/m0/s1. The van der Waals surface area contributed by atoms with Crippen LogP contribution in [0.4, 0.5) is 5.82 Å². The van der Waals surface area contributed by atoms with Crippen molar-refractivity contribution in [2.45, 2.75) is 13.0 Å². The van der Waals surface area contributed by atoms with Gasteiger partial charge >= 0.3 is 0 Å². The summed E-state index contributed by atoms with van der Waals surface area (Å²) < 4.78 is 0. The van der Waals surface area contributed by atoms with Gasteiger partial charge in [0.1, 0.15) is 5.82 Å². The summed E-state index contributed by atoms with van der Waals surface area (Å²) in [6, 6.07) is 3.78. The first-order chi connectivity index (χ1) is 8.72. The van der Waals surface area contributed by atoms with Crippen LogP contribution in [0, 0.1) is 0 Å². The number of rotatable bonds is 4. The Balaban J connectivity index is 2.05. The van der Waals surface area contributed by atoms with Crippen LogP contribution in [0.2, 0.25) is 0 Å². The predicted molar refractivity (Wildman–Crippen MR) is 70.6 cm³/mol. The van der Waals surface area contributed by atoms with Gasteiger partial charge in [-0.3, -0.25) is 4.90 Å². The molecule has 0 amide bonds. The Morgan fingerprint density at radius 1 is 1.33 bits per heavy atom. The number of nitrogens with zero attached hydrogens (tertiary/aromatic N) is 3. The molecule has 1 aliphatic rings. The van der Waals surface area contributed by atoms with Crippen LogP contribution in [-0.2, 0) is 0 Å². The average molecular weight is 251 g/mol. The fourth-order valence-corrected chi connectivity index (χ4v) is 2.32. The smallest absolute Gasteiger partial charge is 0.134 e. The molecule has 1 fully saturated rings. The normalized spacial score (nSPS) is 18.9. The number of aliphatic hydroxyl groups is 2. The number of β-amino-alcohol motifs (C(OH)–C–C–N with tert-alkyl or cyclic N) is 1. The highest BCUT2D eigenvalue weighted by atomic mass is 16.3. The highest BCUT2D eigenvalue weighted by Gasteiger charge is 2.20. The topological polar surface area (TPSA) is 59.8 Å². The summed E-state index contributed by atoms with van der Waals surface area (Å²) in [4.78, 5) is 8.83. The summed E-state index contributed by atoms with van der Waals surface area (Å²) in [5.74, 6) is 0.885. The number of anilines is 1. The van der Waals surface area contributed by atoms with E-state index in [0.29, 0.717) is 0 Å². The first-order valence-corrected chi connectivity index (χ1v) is 6.43.